The minimum Gasteiger partial charge on any atom is -0.546 e. The van der Waals surface area contributed by atoms with Crippen LogP contribution in [0.25, 0.3) is 22.0 Å². The molecule has 1 heterocycles. The molecular formula is C27H24NNaO4. The fraction of sp³-hybridized carbons (Fsp3) is 0.185. The van der Waals surface area contributed by atoms with E-state index in [-0.39, 0.29) is 35.3 Å². The van der Waals surface area contributed by atoms with Crippen LogP contribution in [-0.2, 0) is 11.2 Å². The number of rotatable bonds is 6. The number of ether oxygens (including phenoxy) is 1. The van der Waals surface area contributed by atoms with Crippen molar-refractivity contribution in [3.05, 3.63) is 88.6 Å². The molecule has 0 aliphatic carbocycles. The third kappa shape index (κ3) is 5.38. The van der Waals surface area contributed by atoms with E-state index in [2.05, 4.69) is 6.07 Å². The SMILES string of the molecule is Cc1cc(OCC(=O)[O-])c(C)c(C)c1Cc1ccc(O)c(-c2ccc3ccccc3c2)n1.[Na+]. The number of nitrogens with zero attached hydrogens (tertiary/aromatic N) is 1. The number of fused-ring (bicyclic) bond motifs is 1. The minimum absolute atomic E-state index is 0. The summed E-state index contributed by atoms with van der Waals surface area (Å²) in [5.41, 5.74) is 6.25. The molecule has 5 nitrogen and oxygen atoms in total. The number of carbonyl (C=O) groups is 1. The van der Waals surface area contributed by atoms with Gasteiger partial charge in [-0.25, -0.2) is 4.98 Å². The van der Waals surface area contributed by atoms with Crippen LogP contribution in [-0.4, -0.2) is 22.7 Å². The second-order valence-electron chi connectivity index (χ2n) is 7.99. The first kappa shape index (κ1) is 24.8. The number of carboxylic acid groups (broad SMARTS) is 1. The molecule has 0 saturated carbocycles. The van der Waals surface area contributed by atoms with Crippen molar-refractivity contribution < 1.29 is 49.3 Å². The maximum Gasteiger partial charge on any atom is 1.00 e. The van der Waals surface area contributed by atoms with E-state index in [9.17, 15) is 15.0 Å². The number of aryl methyl sites for hydroxylation is 1. The van der Waals surface area contributed by atoms with Crippen LogP contribution in [0.2, 0.25) is 0 Å². The Hall–Kier alpha value is -2.86. The van der Waals surface area contributed by atoms with Gasteiger partial charge < -0.3 is 19.7 Å². The number of carboxylic acids is 1. The average molecular weight is 449 g/mol. The van der Waals surface area contributed by atoms with E-state index in [1.807, 2.05) is 69.3 Å². The van der Waals surface area contributed by atoms with Crippen LogP contribution in [0.15, 0.2) is 60.7 Å². The third-order valence-corrected chi connectivity index (χ3v) is 5.87. The second kappa shape index (κ2) is 10.4. The van der Waals surface area contributed by atoms with E-state index in [4.69, 9.17) is 9.72 Å². The zero-order valence-electron chi connectivity index (χ0n) is 19.3. The summed E-state index contributed by atoms with van der Waals surface area (Å²) in [7, 11) is 0. The number of aromatic nitrogens is 1. The number of aliphatic carboxylic acids is 1. The molecule has 4 aromatic rings. The fourth-order valence-electron chi connectivity index (χ4n) is 3.98. The van der Waals surface area contributed by atoms with Crippen molar-refractivity contribution in [2.24, 2.45) is 0 Å². The molecule has 0 fully saturated rings. The van der Waals surface area contributed by atoms with Gasteiger partial charge in [-0.15, -0.1) is 0 Å². The van der Waals surface area contributed by atoms with Crippen LogP contribution >= 0.6 is 0 Å². The maximum absolute atomic E-state index is 10.7. The zero-order valence-corrected chi connectivity index (χ0v) is 21.3. The average Bonchev–Trinajstić information content (AvgIpc) is 2.78. The van der Waals surface area contributed by atoms with Crippen LogP contribution < -0.4 is 39.4 Å². The standard InChI is InChI=1S/C27H25NO4.Na/c1-16-12-25(32-15-26(30)31)18(3)17(2)23(16)14-22-10-11-24(29)27(28-22)21-9-8-19-6-4-5-7-20(19)13-21;/h4-13,29H,14-15H2,1-3H3,(H,30,31);/q;+1/p-1. The first-order valence-corrected chi connectivity index (χ1v) is 10.4. The molecule has 0 unspecified atom stereocenters. The summed E-state index contributed by atoms with van der Waals surface area (Å²) in [5, 5.41) is 23.5. The van der Waals surface area contributed by atoms with Gasteiger partial charge in [0, 0.05) is 17.7 Å². The molecule has 0 aliphatic rings. The molecule has 162 valence electrons. The Labute approximate surface area is 215 Å². The number of aromatic hydroxyl groups is 1. The smallest absolute Gasteiger partial charge is 0.546 e. The Morgan fingerprint density at radius 2 is 1.70 bits per heavy atom. The molecule has 0 spiro atoms. The first-order valence-electron chi connectivity index (χ1n) is 10.4. The number of benzene rings is 3. The van der Waals surface area contributed by atoms with Gasteiger partial charge in [-0.2, -0.15) is 0 Å². The molecule has 1 N–H and O–H groups in total. The predicted octanol–water partition coefficient (Wildman–Crippen LogP) is 1.26. The van der Waals surface area contributed by atoms with Crippen LogP contribution in [0.1, 0.15) is 27.9 Å². The van der Waals surface area contributed by atoms with Crippen molar-refractivity contribution in [2.75, 3.05) is 6.61 Å². The monoisotopic (exact) mass is 449 g/mol. The number of pyridine rings is 1. The van der Waals surface area contributed by atoms with E-state index in [1.165, 1.54) is 0 Å². The van der Waals surface area contributed by atoms with Gasteiger partial charge in [-0.3, -0.25) is 0 Å². The Morgan fingerprint density at radius 1 is 0.970 bits per heavy atom. The van der Waals surface area contributed by atoms with Crippen molar-refractivity contribution in [1.82, 2.24) is 4.98 Å². The predicted molar refractivity (Wildman–Crippen MR) is 123 cm³/mol. The van der Waals surface area contributed by atoms with E-state index in [0.29, 0.717) is 17.9 Å². The quantitative estimate of drug-likeness (QED) is 0.448. The number of carbonyl (C=O) groups excluding carboxylic acids is 1. The van der Waals surface area contributed by atoms with Gasteiger partial charge in [0.1, 0.15) is 23.8 Å². The van der Waals surface area contributed by atoms with Crippen LogP contribution in [0.4, 0.5) is 0 Å². The summed E-state index contributed by atoms with van der Waals surface area (Å²) in [6.07, 6.45) is 0.583. The van der Waals surface area contributed by atoms with Crippen molar-refractivity contribution in [1.29, 1.82) is 0 Å². The molecule has 1 aromatic heterocycles. The summed E-state index contributed by atoms with van der Waals surface area (Å²) in [6.45, 7) is 5.40. The van der Waals surface area contributed by atoms with E-state index in [1.54, 1.807) is 6.07 Å². The summed E-state index contributed by atoms with van der Waals surface area (Å²) < 4.78 is 5.38. The molecule has 4 rings (SSSR count). The second-order valence-corrected chi connectivity index (χ2v) is 7.99. The summed E-state index contributed by atoms with van der Waals surface area (Å²) in [5.74, 6) is -0.568. The molecule has 33 heavy (non-hydrogen) atoms. The molecule has 0 saturated heterocycles. The molecule has 0 aliphatic heterocycles. The van der Waals surface area contributed by atoms with Gasteiger partial charge in [0.05, 0.1) is 5.97 Å². The number of hydrogen-bond donors (Lipinski definition) is 1. The van der Waals surface area contributed by atoms with Crippen LogP contribution in [0, 0.1) is 20.8 Å². The molecule has 0 atom stereocenters. The largest absolute Gasteiger partial charge is 1.00 e. The van der Waals surface area contributed by atoms with Gasteiger partial charge in [0.25, 0.3) is 0 Å². The maximum atomic E-state index is 10.7. The fourth-order valence-corrected chi connectivity index (χ4v) is 3.98. The zero-order chi connectivity index (χ0) is 22.8. The Bertz CT molecular complexity index is 1330. The van der Waals surface area contributed by atoms with Gasteiger partial charge >= 0.3 is 29.6 Å². The van der Waals surface area contributed by atoms with E-state index in [0.717, 1.165) is 44.3 Å². The van der Waals surface area contributed by atoms with Gasteiger partial charge in [0.15, 0.2) is 0 Å². The minimum atomic E-state index is -1.25. The van der Waals surface area contributed by atoms with Crippen molar-refractivity contribution in [3.8, 4) is 22.8 Å². The number of hydrogen-bond acceptors (Lipinski definition) is 5. The normalized spacial score (nSPS) is 10.6. The van der Waals surface area contributed by atoms with Gasteiger partial charge in [-0.1, -0.05) is 36.4 Å². The Kier molecular flexibility index (Phi) is 7.80. The van der Waals surface area contributed by atoms with E-state index >= 15 is 0 Å². The van der Waals surface area contributed by atoms with Crippen molar-refractivity contribution in [3.63, 3.8) is 0 Å². The van der Waals surface area contributed by atoms with Crippen molar-refractivity contribution in [2.45, 2.75) is 27.2 Å². The topological polar surface area (TPSA) is 82.5 Å². The third-order valence-electron chi connectivity index (χ3n) is 5.87. The molecule has 0 amide bonds. The molecule has 0 radical (unpaired) electrons. The van der Waals surface area contributed by atoms with Crippen molar-refractivity contribution >= 4 is 16.7 Å². The molecule has 0 bridgehead atoms. The summed E-state index contributed by atoms with van der Waals surface area (Å²) in [4.78, 5) is 15.5. The molecule has 3 aromatic carbocycles. The van der Waals surface area contributed by atoms with Crippen LogP contribution in [0.5, 0.6) is 11.5 Å². The van der Waals surface area contributed by atoms with Crippen LogP contribution in [0.3, 0.4) is 0 Å². The Morgan fingerprint density at radius 3 is 2.42 bits per heavy atom. The van der Waals surface area contributed by atoms with Gasteiger partial charge in [-0.05, 0) is 78.1 Å². The Balaban J connectivity index is 0.00000306. The van der Waals surface area contributed by atoms with E-state index < -0.39 is 12.6 Å². The first-order chi connectivity index (χ1) is 15.3. The molecular weight excluding hydrogens is 425 g/mol. The summed E-state index contributed by atoms with van der Waals surface area (Å²) >= 11 is 0. The van der Waals surface area contributed by atoms with Gasteiger partial charge in [0.2, 0.25) is 0 Å². The summed E-state index contributed by atoms with van der Waals surface area (Å²) in [6, 6.07) is 19.5. The molecule has 6 heteroatoms.